The number of nitro benzene ring substituents is 1. The zero-order valence-corrected chi connectivity index (χ0v) is 11.9. The summed E-state index contributed by atoms with van der Waals surface area (Å²) in [6.45, 7) is 0. The Morgan fingerprint density at radius 3 is 2.70 bits per heavy atom. The SMILES string of the molecule is CSC1CCCCC1Nc1cc(F)cc(F)c1[N+](=O)[O-]. The van der Waals surface area contributed by atoms with Crippen LogP contribution in [0.4, 0.5) is 20.2 Å². The normalized spacial score (nSPS) is 22.6. The highest BCUT2D eigenvalue weighted by molar-refractivity contribution is 7.99. The number of thioether (sulfide) groups is 1. The summed E-state index contributed by atoms with van der Waals surface area (Å²) < 4.78 is 26.9. The van der Waals surface area contributed by atoms with Crippen molar-refractivity contribution in [3.05, 3.63) is 33.9 Å². The molecule has 2 unspecified atom stereocenters. The summed E-state index contributed by atoms with van der Waals surface area (Å²) in [7, 11) is 0. The zero-order chi connectivity index (χ0) is 14.7. The average Bonchev–Trinajstić information content (AvgIpc) is 2.38. The van der Waals surface area contributed by atoms with E-state index in [0.29, 0.717) is 11.3 Å². The van der Waals surface area contributed by atoms with Gasteiger partial charge in [-0.1, -0.05) is 12.8 Å². The summed E-state index contributed by atoms with van der Waals surface area (Å²) in [6.07, 6.45) is 5.96. The predicted octanol–water partition coefficient (Wildman–Crippen LogP) is 3.96. The number of benzene rings is 1. The van der Waals surface area contributed by atoms with Crippen LogP contribution in [0, 0.1) is 21.7 Å². The number of hydrogen-bond acceptors (Lipinski definition) is 4. The van der Waals surface area contributed by atoms with E-state index in [1.54, 1.807) is 11.8 Å². The summed E-state index contributed by atoms with van der Waals surface area (Å²) >= 11 is 1.68. The topological polar surface area (TPSA) is 55.2 Å². The molecule has 1 aliphatic rings. The Kier molecular flexibility index (Phi) is 4.80. The van der Waals surface area contributed by atoms with E-state index in [1.165, 1.54) is 0 Å². The van der Waals surface area contributed by atoms with E-state index in [9.17, 15) is 18.9 Å². The van der Waals surface area contributed by atoms with Gasteiger partial charge in [-0.05, 0) is 19.1 Å². The van der Waals surface area contributed by atoms with Crippen LogP contribution in [0.3, 0.4) is 0 Å². The fourth-order valence-electron chi connectivity index (χ4n) is 2.61. The second-order valence-corrected chi connectivity index (χ2v) is 5.93. The van der Waals surface area contributed by atoms with Crippen LogP contribution < -0.4 is 5.32 Å². The van der Waals surface area contributed by atoms with Gasteiger partial charge in [-0.15, -0.1) is 0 Å². The molecule has 0 saturated heterocycles. The molecule has 1 saturated carbocycles. The molecule has 1 aliphatic carbocycles. The summed E-state index contributed by atoms with van der Waals surface area (Å²) in [5.74, 6) is -1.96. The lowest BCUT2D eigenvalue weighted by molar-refractivity contribution is -0.386. The molecule has 7 heteroatoms. The smallest absolute Gasteiger partial charge is 0.327 e. The van der Waals surface area contributed by atoms with Gasteiger partial charge < -0.3 is 5.32 Å². The van der Waals surface area contributed by atoms with Crippen molar-refractivity contribution in [2.45, 2.75) is 37.0 Å². The van der Waals surface area contributed by atoms with Crippen LogP contribution in [0.2, 0.25) is 0 Å². The monoisotopic (exact) mass is 302 g/mol. The maximum Gasteiger partial charge on any atom is 0.327 e. The fraction of sp³-hybridized carbons (Fsp3) is 0.538. The van der Waals surface area contributed by atoms with Crippen molar-refractivity contribution in [3.8, 4) is 0 Å². The van der Waals surface area contributed by atoms with Crippen LogP contribution in [0.15, 0.2) is 12.1 Å². The molecule has 0 heterocycles. The Labute approximate surface area is 120 Å². The summed E-state index contributed by atoms with van der Waals surface area (Å²) in [6, 6.07) is 1.53. The van der Waals surface area contributed by atoms with Crippen LogP contribution in [0.1, 0.15) is 25.7 Å². The molecule has 0 radical (unpaired) electrons. The summed E-state index contributed by atoms with van der Waals surface area (Å²) in [4.78, 5) is 10.1. The first kappa shape index (κ1) is 15.0. The molecule has 0 amide bonds. The minimum Gasteiger partial charge on any atom is -0.375 e. The number of anilines is 1. The number of hydrogen-bond donors (Lipinski definition) is 1. The van der Waals surface area contributed by atoms with E-state index >= 15 is 0 Å². The van der Waals surface area contributed by atoms with Gasteiger partial charge in [0.05, 0.1) is 4.92 Å². The molecule has 0 aliphatic heterocycles. The van der Waals surface area contributed by atoms with Crippen molar-refractivity contribution in [2.24, 2.45) is 0 Å². The number of nitrogens with one attached hydrogen (secondary N) is 1. The molecule has 110 valence electrons. The highest BCUT2D eigenvalue weighted by atomic mass is 32.2. The van der Waals surface area contributed by atoms with Gasteiger partial charge >= 0.3 is 5.69 Å². The highest BCUT2D eigenvalue weighted by Crippen LogP contribution is 2.34. The zero-order valence-electron chi connectivity index (χ0n) is 11.1. The van der Waals surface area contributed by atoms with E-state index < -0.39 is 22.2 Å². The van der Waals surface area contributed by atoms with Gasteiger partial charge in [0.2, 0.25) is 5.82 Å². The molecule has 1 aromatic carbocycles. The molecule has 20 heavy (non-hydrogen) atoms. The third-order valence-corrected chi connectivity index (χ3v) is 4.73. The van der Waals surface area contributed by atoms with Gasteiger partial charge in [-0.25, -0.2) is 4.39 Å². The summed E-state index contributed by atoms with van der Waals surface area (Å²) in [5, 5.41) is 14.2. The van der Waals surface area contributed by atoms with Crippen molar-refractivity contribution in [1.29, 1.82) is 0 Å². The standard InChI is InChI=1S/C13H16F2N2O2S/c1-20-12-5-3-2-4-10(12)16-11-7-8(14)6-9(15)13(11)17(18)19/h6-7,10,12,16H,2-5H2,1H3. The lowest BCUT2D eigenvalue weighted by Crippen LogP contribution is -2.34. The Morgan fingerprint density at radius 1 is 1.35 bits per heavy atom. The van der Waals surface area contributed by atoms with Crippen LogP contribution in [0.25, 0.3) is 0 Å². The maximum atomic E-state index is 13.6. The molecule has 2 atom stereocenters. The van der Waals surface area contributed by atoms with Gasteiger partial charge in [-0.2, -0.15) is 16.2 Å². The Balaban J connectivity index is 2.30. The molecule has 1 aromatic rings. The largest absolute Gasteiger partial charge is 0.375 e. The van der Waals surface area contributed by atoms with Crippen LogP contribution in [0.5, 0.6) is 0 Å². The Hall–Kier alpha value is -1.37. The number of nitrogens with zero attached hydrogens (tertiary/aromatic N) is 1. The summed E-state index contributed by atoms with van der Waals surface area (Å²) in [5.41, 5.74) is -0.754. The average molecular weight is 302 g/mol. The van der Waals surface area contributed by atoms with Crippen molar-refractivity contribution in [1.82, 2.24) is 0 Å². The number of nitro groups is 1. The highest BCUT2D eigenvalue weighted by Gasteiger charge is 2.28. The molecular weight excluding hydrogens is 286 g/mol. The second-order valence-electron chi connectivity index (χ2n) is 4.85. The first-order valence-corrected chi connectivity index (χ1v) is 7.74. The van der Waals surface area contributed by atoms with Crippen molar-refractivity contribution in [2.75, 3.05) is 11.6 Å². The molecule has 0 aromatic heterocycles. The Bertz CT molecular complexity index is 513. The molecule has 0 bridgehead atoms. The number of rotatable bonds is 4. The van der Waals surface area contributed by atoms with Crippen molar-refractivity contribution >= 4 is 23.1 Å². The Morgan fingerprint density at radius 2 is 2.05 bits per heavy atom. The molecule has 1 fully saturated rings. The predicted molar refractivity (Wildman–Crippen MR) is 76.2 cm³/mol. The van der Waals surface area contributed by atoms with Crippen LogP contribution in [-0.2, 0) is 0 Å². The van der Waals surface area contributed by atoms with E-state index in [0.717, 1.165) is 31.7 Å². The molecular formula is C13H16F2N2O2S. The number of halogens is 2. The van der Waals surface area contributed by atoms with Crippen LogP contribution in [-0.4, -0.2) is 22.5 Å². The molecule has 2 rings (SSSR count). The van der Waals surface area contributed by atoms with Gasteiger partial charge in [0.1, 0.15) is 11.5 Å². The van der Waals surface area contributed by atoms with E-state index in [-0.39, 0.29) is 11.7 Å². The van der Waals surface area contributed by atoms with E-state index in [4.69, 9.17) is 0 Å². The molecule has 1 N–H and O–H groups in total. The van der Waals surface area contributed by atoms with E-state index in [2.05, 4.69) is 5.32 Å². The lowest BCUT2D eigenvalue weighted by atomic mass is 9.94. The van der Waals surface area contributed by atoms with Crippen molar-refractivity contribution in [3.63, 3.8) is 0 Å². The third-order valence-electron chi connectivity index (χ3n) is 3.56. The molecule has 0 spiro atoms. The second kappa shape index (κ2) is 6.39. The van der Waals surface area contributed by atoms with Crippen LogP contribution >= 0.6 is 11.8 Å². The quantitative estimate of drug-likeness (QED) is 0.675. The van der Waals surface area contributed by atoms with Gasteiger partial charge in [0.15, 0.2) is 0 Å². The van der Waals surface area contributed by atoms with Gasteiger partial charge in [0, 0.05) is 23.4 Å². The van der Waals surface area contributed by atoms with Crippen molar-refractivity contribution < 1.29 is 13.7 Å². The minimum absolute atomic E-state index is 0.00125. The van der Waals surface area contributed by atoms with Gasteiger partial charge in [-0.3, -0.25) is 10.1 Å². The molecule has 4 nitrogen and oxygen atoms in total. The van der Waals surface area contributed by atoms with Gasteiger partial charge in [0.25, 0.3) is 0 Å². The maximum absolute atomic E-state index is 13.6. The first-order chi connectivity index (χ1) is 9.52. The minimum atomic E-state index is -1.14. The fourth-order valence-corrected chi connectivity index (χ4v) is 3.54. The third kappa shape index (κ3) is 3.20. The lowest BCUT2D eigenvalue weighted by Gasteiger charge is -2.31. The first-order valence-electron chi connectivity index (χ1n) is 6.45. The van der Waals surface area contributed by atoms with E-state index in [1.807, 2.05) is 6.26 Å².